The molecule has 1 fully saturated rings. The van der Waals surface area contributed by atoms with Gasteiger partial charge in [-0.1, -0.05) is 23.7 Å². The molecule has 0 aliphatic heterocycles. The summed E-state index contributed by atoms with van der Waals surface area (Å²) < 4.78 is 5.19. The minimum atomic E-state index is -0.269. The number of nitrogens with one attached hydrogen (secondary N) is 2. The van der Waals surface area contributed by atoms with Gasteiger partial charge < -0.3 is 15.4 Å². The maximum absolute atomic E-state index is 12.3. The summed E-state index contributed by atoms with van der Waals surface area (Å²) in [4.78, 5) is 24.3. The molecule has 5 nitrogen and oxygen atoms in total. The molecule has 2 amide bonds. The van der Waals surface area contributed by atoms with E-state index in [-0.39, 0.29) is 11.8 Å². The van der Waals surface area contributed by atoms with Gasteiger partial charge in [0.25, 0.3) is 11.8 Å². The third-order valence-electron chi connectivity index (χ3n) is 3.99. The molecule has 2 aromatic rings. The van der Waals surface area contributed by atoms with E-state index in [4.69, 9.17) is 16.3 Å². The van der Waals surface area contributed by atoms with Crippen molar-refractivity contribution in [2.45, 2.75) is 25.4 Å². The van der Waals surface area contributed by atoms with Crippen LogP contribution in [0.2, 0.25) is 5.02 Å². The summed E-state index contributed by atoms with van der Waals surface area (Å²) in [6.45, 7) is 0.346. The van der Waals surface area contributed by atoms with Crippen molar-refractivity contribution in [3.05, 3.63) is 64.2 Å². The molecule has 1 aliphatic rings. The minimum Gasteiger partial charge on any atom is -0.496 e. The molecule has 3 rings (SSSR count). The Morgan fingerprint density at radius 1 is 1.12 bits per heavy atom. The topological polar surface area (TPSA) is 67.4 Å². The number of hydrogen-bond acceptors (Lipinski definition) is 3. The van der Waals surface area contributed by atoms with E-state index in [2.05, 4.69) is 10.6 Å². The predicted octanol–water partition coefficient (Wildman–Crippen LogP) is 3.17. The Labute approximate surface area is 151 Å². The second-order valence-electron chi connectivity index (χ2n) is 5.97. The van der Waals surface area contributed by atoms with Crippen molar-refractivity contribution < 1.29 is 14.3 Å². The first-order valence-corrected chi connectivity index (χ1v) is 8.46. The van der Waals surface area contributed by atoms with Crippen LogP contribution in [0.4, 0.5) is 0 Å². The molecule has 0 heterocycles. The van der Waals surface area contributed by atoms with E-state index >= 15 is 0 Å². The van der Waals surface area contributed by atoms with Crippen molar-refractivity contribution in [2.75, 3.05) is 7.11 Å². The molecular weight excluding hydrogens is 340 g/mol. The molecule has 130 valence electrons. The van der Waals surface area contributed by atoms with Crippen molar-refractivity contribution in [3.8, 4) is 5.75 Å². The minimum absolute atomic E-state index is 0.0539. The number of methoxy groups -OCH3 is 1. The molecule has 0 spiro atoms. The Hall–Kier alpha value is -2.53. The fraction of sp³-hybridized carbons (Fsp3) is 0.263. The van der Waals surface area contributed by atoms with Gasteiger partial charge in [0.2, 0.25) is 0 Å². The first kappa shape index (κ1) is 17.3. The van der Waals surface area contributed by atoms with E-state index in [1.54, 1.807) is 30.3 Å². The highest BCUT2D eigenvalue weighted by Gasteiger charge is 2.23. The highest BCUT2D eigenvalue weighted by molar-refractivity contribution is 6.31. The van der Waals surface area contributed by atoms with Crippen molar-refractivity contribution in [1.82, 2.24) is 10.6 Å². The molecule has 0 radical (unpaired) electrons. The number of ether oxygens (including phenoxy) is 1. The maximum atomic E-state index is 12.3. The van der Waals surface area contributed by atoms with Crippen molar-refractivity contribution in [2.24, 2.45) is 0 Å². The smallest absolute Gasteiger partial charge is 0.255 e. The molecule has 0 saturated heterocycles. The molecule has 0 bridgehead atoms. The Morgan fingerprint density at radius 2 is 1.84 bits per heavy atom. The zero-order valence-corrected chi connectivity index (χ0v) is 14.6. The standard InChI is InChI=1S/C19H19ClN2O3/c1-25-17-9-6-14(20)10-16(17)19(24)21-11-12-2-4-13(5-3-12)18(23)22-15-7-8-15/h2-6,9-10,15H,7-8,11H2,1H3,(H,21,24)(H,22,23). The SMILES string of the molecule is COc1ccc(Cl)cc1C(=O)NCc1ccc(C(=O)NC2CC2)cc1. The third-order valence-corrected chi connectivity index (χ3v) is 4.22. The van der Waals surface area contributed by atoms with Crippen LogP contribution in [0.25, 0.3) is 0 Å². The van der Waals surface area contributed by atoms with E-state index in [0.29, 0.717) is 34.5 Å². The zero-order chi connectivity index (χ0) is 17.8. The Morgan fingerprint density at radius 3 is 2.48 bits per heavy atom. The summed E-state index contributed by atoms with van der Waals surface area (Å²) in [6.07, 6.45) is 2.12. The second kappa shape index (κ2) is 7.57. The van der Waals surface area contributed by atoms with Crippen LogP contribution in [0.5, 0.6) is 5.75 Å². The number of hydrogen-bond donors (Lipinski definition) is 2. The average Bonchev–Trinajstić information content (AvgIpc) is 3.44. The first-order valence-electron chi connectivity index (χ1n) is 8.08. The molecular formula is C19H19ClN2O3. The van der Waals surface area contributed by atoms with Gasteiger partial charge in [0.15, 0.2) is 0 Å². The molecule has 25 heavy (non-hydrogen) atoms. The van der Waals surface area contributed by atoms with Gasteiger partial charge in [-0.25, -0.2) is 0 Å². The maximum Gasteiger partial charge on any atom is 0.255 e. The normalized spacial score (nSPS) is 13.2. The van der Waals surface area contributed by atoms with Crippen LogP contribution in [0.3, 0.4) is 0 Å². The number of rotatable bonds is 6. The van der Waals surface area contributed by atoms with E-state index in [1.807, 2.05) is 12.1 Å². The largest absolute Gasteiger partial charge is 0.496 e. The second-order valence-corrected chi connectivity index (χ2v) is 6.41. The van der Waals surface area contributed by atoms with Crippen molar-refractivity contribution in [3.63, 3.8) is 0 Å². The zero-order valence-electron chi connectivity index (χ0n) is 13.8. The van der Waals surface area contributed by atoms with Gasteiger partial charge in [-0.2, -0.15) is 0 Å². The number of carbonyl (C=O) groups excluding carboxylic acids is 2. The molecule has 0 atom stereocenters. The molecule has 2 aromatic carbocycles. The van der Waals surface area contributed by atoms with Crippen LogP contribution in [0.1, 0.15) is 39.1 Å². The summed E-state index contributed by atoms with van der Waals surface area (Å²) in [5.74, 6) is 0.144. The summed E-state index contributed by atoms with van der Waals surface area (Å²) in [7, 11) is 1.51. The van der Waals surface area contributed by atoms with Crippen LogP contribution in [0, 0.1) is 0 Å². The van der Waals surface area contributed by atoms with Crippen molar-refractivity contribution >= 4 is 23.4 Å². The van der Waals surface area contributed by atoms with Crippen LogP contribution < -0.4 is 15.4 Å². The van der Waals surface area contributed by atoms with Gasteiger partial charge in [-0.15, -0.1) is 0 Å². The van der Waals surface area contributed by atoms with Gasteiger partial charge in [0, 0.05) is 23.2 Å². The summed E-state index contributed by atoms with van der Waals surface area (Å²) >= 11 is 5.95. The summed E-state index contributed by atoms with van der Waals surface area (Å²) in [5, 5.41) is 6.24. The van der Waals surface area contributed by atoms with Gasteiger partial charge in [0.1, 0.15) is 5.75 Å². The lowest BCUT2D eigenvalue weighted by Crippen LogP contribution is -2.25. The van der Waals surface area contributed by atoms with E-state index in [1.165, 1.54) is 7.11 Å². The Balaban J connectivity index is 1.60. The lowest BCUT2D eigenvalue weighted by molar-refractivity contribution is 0.0940. The van der Waals surface area contributed by atoms with E-state index in [9.17, 15) is 9.59 Å². The summed E-state index contributed by atoms with van der Waals surface area (Å²) in [5.41, 5.74) is 1.91. The molecule has 0 aromatic heterocycles. The molecule has 2 N–H and O–H groups in total. The lowest BCUT2D eigenvalue weighted by Gasteiger charge is -2.10. The van der Waals surface area contributed by atoms with E-state index in [0.717, 1.165) is 18.4 Å². The van der Waals surface area contributed by atoms with Crippen LogP contribution >= 0.6 is 11.6 Å². The number of halogens is 1. The Kier molecular flexibility index (Phi) is 5.24. The first-order chi connectivity index (χ1) is 12.1. The number of amides is 2. The van der Waals surface area contributed by atoms with Crippen LogP contribution in [-0.2, 0) is 6.54 Å². The highest BCUT2D eigenvalue weighted by atomic mass is 35.5. The number of benzene rings is 2. The van der Waals surface area contributed by atoms with Gasteiger partial charge in [-0.05, 0) is 48.7 Å². The fourth-order valence-corrected chi connectivity index (χ4v) is 2.58. The van der Waals surface area contributed by atoms with Gasteiger partial charge >= 0.3 is 0 Å². The monoisotopic (exact) mass is 358 g/mol. The molecule has 6 heteroatoms. The van der Waals surface area contributed by atoms with E-state index < -0.39 is 0 Å². The lowest BCUT2D eigenvalue weighted by atomic mass is 10.1. The quantitative estimate of drug-likeness (QED) is 0.833. The van der Waals surface area contributed by atoms with Crippen molar-refractivity contribution in [1.29, 1.82) is 0 Å². The third kappa shape index (κ3) is 4.51. The fourth-order valence-electron chi connectivity index (χ4n) is 2.41. The van der Waals surface area contributed by atoms with Crippen LogP contribution in [-0.4, -0.2) is 25.0 Å². The predicted molar refractivity (Wildman–Crippen MR) is 96.1 cm³/mol. The van der Waals surface area contributed by atoms with Crippen LogP contribution in [0.15, 0.2) is 42.5 Å². The highest BCUT2D eigenvalue weighted by Crippen LogP contribution is 2.22. The molecule has 1 saturated carbocycles. The summed E-state index contributed by atoms with van der Waals surface area (Å²) in [6, 6.07) is 12.4. The molecule has 1 aliphatic carbocycles. The average molecular weight is 359 g/mol. The number of carbonyl (C=O) groups is 2. The Bertz CT molecular complexity index is 786. The van der Waals surface area contributed by atoms with Gasteiger partial charge in [-0.3, -0.25) is 9.59 Å². The molecule has 0 unspecified atom stereocenters. The van der Waals surface area contributed by atoms with Gasteiger partial charge in [0.05, 0.1) is 12.7 Å².